The molecule has 5 heteroatoms. The van der Waals surface area contributed by atoms with Crippen LogP contribution in [0.2, 0.25) is 0 Å². The van der Waals surface area contributed by atoms with E-state index in [1.165, 1.54) is 6.26 Å². The van der Waals surface area contributed by atoms with Gasteiger partial charge in [0.05, 0.1) is 19.5 Å². The van der Waals surface area contributed by atoms with Crippen LogP contribution in [0.5, 0.6) is 5.75 Å². The Kier molecular flexibility index (Phi) is 4.79. The quantitative estimate of drug-likeness (QED) is 0.879. The number of methoxy groups -OCH3 is 2. The molecule has 0 saturated heterocycles. The van der Waals surface area contributed by atoms with Gasteiger partial charge in [-0.25, -0.2) is 0 Å². The zero-order valence-electron chi connectivity index (χ0n) is 11.5. The van der Waals surface area contributed by atoms with Crippen LogP contribution in [0.25, 0.3) is 0 Å². The number of carbonyl (C=O) groups is 1. The van der Waals surface area contributed by atoms with Crippen molar-refractivity contribution in [3.63, 3.8) is 0 Å². The van der Waals surface area contributed by atoms with Gasteiger partial charge in [-0.3, -0.25) is 4.79 Å². The minimum Gasteiger partial charge on any atom is -0.497 e. The molecule has 106 valence electrons. The molecule has 1 amide bonds. The summed E-state index contributed by atoms with van der Waals surface area (Å²) in [5.41, 5.74) is 0.937. The van der Waals surface area contributed by atoms with Gasteiger partial charge in [-0.15, -0.1) is 0 Å². The lowest BCUT2D eigenvalue weighted by Gasteiger charge is -2.16. The molecule has 0 saturated carbocycles. The lowest BCUT2D eigenvalue weighted by atomic mass is 10.1. The van der Waals surface area contributed by atoms with E-state index in [2.05, 4.69) is 5.32 Å². The van der Waals surface area contributed by atoms with Crippen molar-refractivity contribution in [2.24, 2.45) is 0 Å². The Hall–Kier alpha value is -2.27. The summed E-state index contributed by atoms with van der Waals surface area (Å²) in [7, 11) is 3.21. The Morgan fingerprint density at radius 3 is 2.80 bits per heavy atom. The summed E-state index contributed by atoms with van der Waals surface area (Å²) in [6.45, 7) is 0.350. The maximum absolute atomic E-state index is 11.8. The van der Waals surface area contributed by atoms with Gasteiger partial charge in [-0.2, -0.15) is 0 Å². The van der Waals surface area contributed by atoms with Crippen LogP contribution < -0.4 is 10.1 Å². The molecule has 0 radical (unpaired) electrons. The average Bonchev–Trinajstić information content (AvgIpc) is 3.02. The first-order valence-electron chi connectivity index (χ1n) is 6.23. The predicted molar refractivity (Wildman–Crippen MR) is 73.8 cm³/mol. The fourth-order valence-electron chi connectivity index (χ4n) is 1.86. The van der Waals surface area contributed by atoms with Gasteiger partial charge >= 0.3 is 0 Å². The van der Waals surface area contributed by atoms with Crippen molar-refractivity contribution in [1.29, 1.82) is 0 Å². The molecule has 0 unspecified atom stereocenters. The Morgan fingerprint density at radius 2 is 2.15 bits per heavy atom. The van der Waals surface area contributed by atoms with Crippen LogP contribution in [-0.4, -0.2) is 26.7 Å². The first-order valence-corrected chi connectivity index (χ1v) is 6.23. The second kappa shape index (κ2) is 6.77. The van der Waals surface area contributed by atoms with Crippen molar-refractivity contribution in [3.05, 3.63) is 54.0 Å². The highest BCUT2D eigenvalue weighted by molar-refractivity contribution is 5.91. The van der Waals surface area contributed by atoms with Gasteiger partial charge < -0.3 is 19.2 Å². The van der Waals surface area contributed by atoms with Crippen molar-refractivity contribution in [1.82, 2.24) is 5.32 Å². The number of rotatable bonds is 6. The van der Waals surface area contributed by atoms with Gasteiger partial charge in [0.25, 0.3) is 5.91 Å². The molecule has 0 fully saturated rings. The minimum absolute atomic E-state index is 0.246. The molecule has 0 aliphatic heterocycles. The highest BCUT2D eigenvalue weighted by Gasteiger charge is 2.14. The molecule has 0 aliphatic rings. The van der Waals surface area contributed by atoms with Gasteiger partial charge in [0.1, 0.15) is 5.75 Å². The third kappa shape index (κ3) is 3.39. The van der Waals surface area contributed by atoms with E-state index >= 15 is 0 Å². The van der Waals surface area contributed by atoms with Crippen molar-refractivity contribution in [2.45, 2.75) is 6.10 Å². The lowest BCUT2D eigenvalue weighted by molar-refractivity contribution is 0.0807. The van der Waals surface area contributed by atoms with E-state index in [0.29, 0.717) is 6.54 Å². The van der Waals surface area contributed by atoms with Crippen LogP contribution in [0, 0.1) is 0 Å². The number of furan rings is 1. The number of hydrogen-bond donors (Lipinski definition) is 1. The van der Waals surface area contributed by atoms with Gasteiger partial charge in [-0.1, -0.05) is 12.1 Å². The van der Waals surface area contributed by atoms with Gasteiger partial charge in [-0.05, 0) is 29.8 Å². The molecule has 1 aromatic carbocycles. The summed E-state index contributed by atoms with van der Waals surface area (Å²) in [6, 6.07) is 10.8. The van der Waals surface area contributed by atoms with Gasteiger partial charge in [0.15, 0.2) is 5.76 Å². The molecule has 2 rings (SSSR count). The van der Waals surface area contributed by atoms with Crippen molar-refractivity contribution >= 4 is 5.91 Å². The van der Waals surface area contributed by atoms with Crippen LogP contribution in [0.15, 0.2) is 47.1 Å². The highest BCUT2D eigenvalue weighted by Crippen LogP contribution is 2.21. The topological polar surface area (TPSA) is 60.7 Å². The molecule has 0 bridgehead atoms. The van der Waals surface area contributed by atoms with Crippen molar-refractivity contribution in [3.8, 4) is 5.75 Å². The molecule has 1 heterocycles. The van der Waals surface area contributed by atoms with Crippen LogP contribution in [-0.2, 0) is 4.74 Å². The van der Waals surface area contributed by atoms with E-state index in [1.807, 2.05) is 24.3 Å². The molecule has 1 atom stereocenters. The van der Waals surface area contributed by atoms with Gasteiger partial charge in [0.2, 0.25) is 0 Å². The van der Waals surface area contributed by atoms with Crippen molar-refractivity contribution in [2.75, 3.05) is 20.8 Å². The molecule has 20 heavy (non-hydrogen) atoms. The third-order valence-corrected chi connectivity index (χ3v) is 2.94. The van der Waals surface area contributed by atoms with E-state index < -0.39 is 0 Å². The SMILES string of the molecule is COc1cccc([C@H](CNC(=O)c2ccco2)OC)c1. The van der Waals surface area contributed by atoms with E-state index in [4.69, 9.17) is 13.9 Å². The average molecular weight is 275 g/mol. The molecule has 0 spiro atoms. The molecular formula is C15H17NO4. The molecule has 1 aromatic heterocycles. The molecule has 1 N–H and O–H groups in total. The van der Waals surface area contributed by atoms with Gasteiger partial charge in [0, 0.05) is 13.7 Å². The van der Waals surface area contributed by atoms with Crippen LogP contribution in [0.3, 0.4) is 0 Å². The summed E-state index contributed by atoms with van der Waals surface area (Å²) in [5.74, 6) is 0.771. The maximum atomic E-state index is 11.8. The highest BCUT2D eigenvalue weighted by atomic mass is 16.5. The number of hydrogen-bond acceptors (Lipinski definition) is 4. The first-order chi connectivity index (χ1) is 9.74. The minimum atomic E-state index is -0.264. The standard InChI is InChI=1S/C15H17NO4/c1-18-12-6-3-5-11(9-12)14(19-2)10-16-15(17)13-7-4-8-20-13/h3-9,14H,10H2,1-2H3,(H,16,17)/t14-/m0/s1. The number of ether oxygens (including phenoxy) is 2. The van der Waals surface area contributed by atoms with E-state index in [9.17, 15) is 4.79 Å². The number of carbonyl (C=O) groups excluding carboxylic acids is 1. The Labute approximate surface area is 117 Å². The van der Waals surface area contributed by atoms with Crippen LogP contribution in [0.4, 0.5) is 0 Å². The lowest BCUT2D eigenvalue weighted by Crippen LogP contribution is -2.28. The molecule has 5 nitrogen and oxygen atoms in total. The summed E-state index contributed by atoms with van der Waals surface area (Å²) in [5, 5.41) is 2.77. The third-order valence-electron chi connectivity index (χ3n) is 2.94. The number of benzene rings is 1. The largest absolute Gasteiger partial charge is 0.497 e. The summed E-state index contributed by atoms with van der Waals surface area (Å²) >= 11 is 0. The number of amides is 1. The zero-order valence-corrected chi connectivity index (χ0v) is 11.5. The summed E-state index contributed by atoms with van der Waals surface area (Å²) < 4.78 is 15.6. The Bertz CT molecular complexity index is 551. The van der Waals surface area contributed by atoms with E-state index in [1.54, 1.807) is 26.4 Å². The summed E-state index contributed by atoms with van der Waals surface area (Å²) in [6.07, 6.45) is 1.22. The molecule has 2 aromatic rings. The van der Waals surface area contributed by atoms with Crippen LogP contribution >= 0.6 is 0 Å². The second-order valence-corrected chi connectivity index (χ2v) is 4.19. The van der Waals surface area contributed by atoms with E-state index in [-0.39, 0.29) is 17.8 Å². The summed E-state index contributed by atoms with van der Waals surface area (Å²) in [4.78, 5) is 11.8. The Balaban J connectivity index is 2.00. The fourth-order valence-corrected chi connectivity index (χ4v) is 1.86. The Morgan fingerprint density at radius 1 is 1.30 bits per heavy atom. The van der Waals surface area contributed by atoms with Crippen LogP contribution in [0.1, 0.15) is 22.2 Å². The molecular weight excluding hydrogens is 258 g/mol. The number of nitrogens with one attached hydrogen (secondary N) is 1. The second-order valence-electron chi connectivity index (χ2n) is 4.19. The zero-order chi connectivity index (χ0) is 14.4. The van der Waals surface area contributed by atoms with Crippen molar-refractivity contribution < 1.29 is 18.7 Å². The van der Waals surface area contributed by atoms with E-state index in [0.717, 1.165) is 11.3 Å². The maximum Gasteiger partial charge on any atom is 0.287 e. The smallest absolute Gasteiger partial charge is 0.287 e. The normalized spacial score (nSPS) is 11.9. The predicted octanol–water partition coefficient (Wildman–Crippen LogP) is 2.41. The monoisotopic (exact) mass is 275 g/mol. The molecule has 0 aliphatic carbocycles. The fraction of sp³-hybridized carbons (Fsp3) is 0.267. The first kappa shape index (κ1) is 14.1.